The van der Waals surface area contributed by atoms with Gasteiger partial charge in [-0.3, -0.25) is 9.59 Å². The fourth-order valence-corrected chi connectivity index (χ4v) is 4.85. The minimum Gasteiger partial charge on any atom is -0.444 e. The van der Waals surface area contributed by atoms with Crippen LogP contribution in [0, 0.1) is 6.92 Å². The van der Waals surface area contributed by atoms with Gasteiger partial charge in [0.25, 0.3) is 5.91 Å². The van der Waals surface area contributed by atoms with Crippen LogP contribution < -0.4 is 25.4 Å². The molecule has 5 rings (SSSR count). The lowest BCUT2D eigenvalue weighted by molar-refractivity contribution is -0.286. The Bertz CT molecular complexity index is 1600. The number of carbonyl (C=O) groups is 3. The van der Waals surface area contributed by atoms with Crippen molar-refractivity contribution in [1.82, 2.24) is 15.6 Å². The van der Waals surface area contributed by atoms with Crippen molar-refractivity contribution in [3.8, 4) is 22.8 Å². The van der Waals surface area contributed by atoms with Crippen LogP contribution in [0.15, 0.2) is 54.6 Å². The smallest absolute Gasteiger partial charge is 0.444 e. The fourth-order valence-electron chi connectivity index (χ4n) is 4.85. The Hall–Kier alpha value is -4.74. The summed E-state index contributed by atoms with van der Waals surface area (Å²) in [5.41, 5.74) is 1.64. The molecule has 1 aliphatic heterocycles. The number of carbonyl (C=O) groups excluding carboxylic acids is 3. The van der Waals surface area contributed by atoms with E-state index < -0.39 is 23.4 Å². The quantitative estimate of drug-likeness (QED) is 0.266. The number of benzene rings is 2. The summed E-state index contributed by atoms with van der Waals surface area (Å²) in [5, 5.41) is 8.37. The molecule has 0 bridgehead atoms. The molecule has 2 aliphatic rings. The van der Waals surface area contributed by atoms with E-state index in [1.165, 1.54) is 12.1 Å². The fraction of sp³-hybridized carbons (Fsp3) is 0.375. The minimum atomic E-state index is -3.74. The van der Waals surface area contributed by atoms with Gasteiger partial charge in [-0.15, -0.1) is 8.78 Å². The number of alkyl carbamates (subject to hydrolysis) is 1. The number of hydrogen-bond acceptors (Lipinski definition) is 7. The van der Waals surface area contributed by atoms with E-state index in [0.29, 0.717) is 60.6 Å². The number of amides is 3. The van der Waals surface area contributed by atoms with E-state index in [0.717, 1.165) is 5.56 Å². The summed E-state index contributed by atoms with van der Waals surface area (Å²) in [5.74, 6) is -0.445. The predicted octanol–water partition coefficient (Wildman–Crippen LogP) is 5.69. The normalized spacial score (nSPS) is 15.7. The summed E-state index contributed by atoms with van der Waals surface area (Å²) in [4.78, 5) is 42.6. The highest BCUT2D eigenvalue weighted by molar-refractivity contribution is 6.01. The number of fused-ring (bicyclic) bond motifs is 1. The van der Waals surface area contributed by atoms with Crippen LogP contribution in [0.25, 0.3) is 11.3 Å². The SMILES string of the molecule is Cc1ccc(NC(=O)C2(c3ccc4c(c3)OC(F)(F)O4)CC2)nc1-c1cccc(C(=O)NCCCNC(=O)OC(C)(C)C)c1. The standard InChI is InChI=1S/C32H34F2N4O6/c1-19-9-12-25(38-28(40)31(13-14-31)22-10-11-23-24(18-22)43-32(33,34)42-23)37-26(19)20-7-5-8-21(17-20)27(39)35-15-6-16-36-29(41)44-30(2,3)4/h5,7-12,17-18H,6,13-16H2,1-4H3,(H,35,39)(H,36,41)(H,37,38,40). The topological polar surface area (TPSA) is 128 Å². The van der Waals surface area contributed by atoms with Gasteiger partial charge in [-0.05, 0) is 88.4 Å². The van der Waals surface area contributed by atoms with Gasteiger partial charge in [0.15, 0.2) is 11.5 Å². The maximum atomic E-state index is 13.5. The number of alkyl halides is 2. The predicted molar refractivity (Wildman–Crippen MR) is 158 cm³/mol. The Morgan fingerprint density at radius 1 is 0.955 bits per heavy atom. The van der Waals surface area contributed by atoms with Gasteiger partial charge in [0, 0.05) is 24.2 Å². The summed E-state index contributed by atoms with van der Waals surface area (Å²) < 4.78 is 41.2. The highest BCUT2D eigenvalue weighted by Crippen LogP contribution is 2.52. The van der Waals surface area contributed by atoms with E-state index in [1.807, 2.05) is 19.1 Å². The van der Waals surface area contributed by atoms with E-state index in [-0.39, 0.29) is 23.3 Å². The van der Waals surface area contributed by atoms with Gasteiger partial charge in [0.2, 0.25) is 5.91 Å². The Kier molecular flexibility index (Phi) is 8.19. The zero-order valence-corrected chi connectivity index (χ0v) is 24.9. The molecule has 2 aromatic carbocycles. The zero-order valence-electron chi connectivity index (χ0n) is 24.9. The molecule has 3 amide bonds. The van der Waals surface area contributed by atoms with Gasteiger partial charge < -0.3 is 30.2 Å². The summed E-state index contributed by atoms with van der Waals surface area (Å²) in [6.07, 6.45) is -2.64. The maximum absolute atomic E-state index is 13.5. The van der Waals surface area contributed by atoms with Gasteiger partial charge in [0.1, 0.15) is 11.4 Å². The van der Waals surface area contributed by atoms with E-state index in [2.05, 4.69) is 30.4 Å². The average Bonchev–Trinajstić information content (AvgIpc) is 3.70. The number of pyridine rings is 1. The molecule has 1 aliphatic carbocycles. The number of aromatic nitrogens is 1. The Morgan fingerprint density at radius 2 is 1.68 bits per heavy atom. The van der Waals surface area contributed by atoms with Crippen LogP contribution in [-0.2, 0) is 14.9 Å². The van der Waals surface area contributed by atoms with Gasteiger partial charge in [0.05, 0.1) is 11.1 Å². The average molecular weight is 609 g/mol. The number of anilines is 1. The lowest BCUT2D eigenvalue weighted by atomic mass is 9.94. The van der Waals surface area contributed by atoms with E-state index in [9.17, 15) is 23.2 Å². The van der Waals surface area contributed by atoms with Gasteiger partial charge >= 0.3 is 12.4 Å². The van der Waals surface area contributed by atoms with Crippen molar-refractivity contribution in [3.63, 3.8) is 0 Å². The molecule has 0 saturated heterocycles. The number of nitrogens with one attached hydrogen (secondary N) is 3. The molecule has 232 valence electrons. The third kappa shape index (κ3) is 7.07. The van der Waals surface area contributed by atoms with E-state index >= 15 is 0 Å². The van der Waals surface area contributed by atoms with Crippen LogP contribution in [0.5, 0.6) is 11.5 Å². The van der Waals surface area contributed by atoms with E-state index in [4.69, 9.17) is 4.74 Å². The molecule has 2 heterocycles. The molecule has 3 aromatic rings. The molecule has 0 spiro atoms. The van der Waals surface area contributed by atoms with Crippen LogP contribution in [0.3, 0.4) is 0 Å². The first-order valence-corrected chi connectivity index (χ1v) is 14.3. The zero-order chi connectivity index (χ0) is 31.7. The number of aryl methyl sites for hydroxylation is 1. The minimum absolute atomic E-state index is 0.0779. The van der Waals surface area contributed by atoms with Crippen LogP contribution in [0.1, 0.15) is 61.5 Å². The molecule has 3 N–H and O–H groups in total. The summed E-state index contributed by atoms with van der Waals surface area (Å²) >= 11 is 0. The molecule has 1 aromatic heterocycles. The lowest BCUT2D eigenvalue weighted by Crippen LogP contribution is -2.34. The van der Waals surface area contributed by atoms with Gasteiger partial charge in [-0.25, -0.2) is 9.78 Å². The third-order valence-corrected chi connectivity index (χ3v) is 7.18. The summed E-state index contributed by atoms with van der Waals surface area (Å²) in [6, 6.07) is 14.9. The number of hydrogen-bond donors (Lipinski definition) is 3. The van der Waals surface area contributed by atoms with Crippen molar-refractivity contribution in [2.75, 3.05) is 18.4 Å². The highest BCUT2D eigenvalue weighted by Gasteiger charge is 2.53. The molecule has 0 atom stereocenters. The third-order valence-electron chi connectivity index (χ3n) is 7.18. The van der Waals surface area contributed by atoms with Crippen LogP contribution in [-0.4, -0.2) is 47.9 Å². The van der Waals surface area contributed by atoms with Crippen molar-refractivity contribution < 1.29 is 37.4 Å². The van der Waals surface area contributed by atoms with Crippen molar-refractivity contribution in [1.29, 1.82) is 0 Å². The Labute approximate surface area is 253 Å². The van der Waals surface area contributed by atoms with Crippen LogP contribution >= 0.6 is 0 Å². The maximum Gasteiger partial charge on any atom is 0.586 e. The van der Waals surface area contributed by atoms with Crippen molar-refractivity contribution in [2.45, 2.75) is 64.3 Å². The second-order valence-corrected chi connectivity index (χ2v) is 11.8. The number of rotatable bonds is 9. The Morgan fingerprint density at radius 3 is 2.41 bits per heavy atom. The molecule has 12 heteroatoms. The van der Waals surface area contributed by atoms with Crippen LogP contribution in [0.4, 0.5) is 19.4 Å². The second-order valence-electron chi connectivity index (χ2n) is 11.8. The molecule has 44 heavy (non-hydrogen) atoms. The second kappa shape index (κ2) is 11.7. The van der Waals surface area contributed by atoms with E-state index in [1.54, 1.807) is 51.1 Å². The molecule has 0 radical (unpaired) electrons. The Balaban J connectivity index is 1.21. The largest absolute Gasteiger partial charge is 0.586 e. The molecule has 10 nitrogen and oxygen atoms in total. The number of ether oxygens (including phenoxy) is 3. The lowest BCUT2D eigenvalue weighted by Gasteiger charge is -2.19. The molecule has 1 fully saturated rings. The number of halogens is 2. The van der Waals surface area contributed by atoms with Gasteiger partial charge in [-0.2, -0.15) is 0 Å². The molecular weight excluding hydrogens is 574 g/mol. The number of nitrogens with zero attached hydrogens (tertiary/aromatic N) is 1. The molecule has 1 saturated carbocycles. The summed E-state index contributed by atoms with van der Waals surface area (Å²) in [6.45, 7) is 7.93. The molecule has 0 unspecified atom stereocenters. The summed E-state index contributed by atoms with van der Waals surface area (Å²) in [7, 11) is 0. The highest BCUT2D eigenvalue weighted by atomic mass is 19.3. The van der Waals surface area contributed by atoms with Crippen molar-refractivity contribution in [3.05, 3.63) is 71.3 Å². The van der Waals surface area contributed by atoms with Crippen molar-refractivity contribution in [2.24, 2.45) is 0 Å². The first kappa shape index (κ1) is 30.7. The van der Waals surface area contributed by atoms with Crippen LogP contribution in [0.2, 0.25) is 0 Å². The first-order chi connectivity index (χ1) is 20.7. The molecular formula is C32H34F2N4O6. The first-order valence-electron chi connectivity index (χ1n) is 14.3. The van der Waals surface area contributed by atoms with Gasteiger partial charge in [-0.1, -0.05) is 24.3 Å². The monoisotopic (exact) mass is 608 g/mol. The van der Waals surface area contributed by atoms with Crippen molar-refractivity contribution >= 4 is 23.7 Å².